The molecule has 0 bridgehead atoms. The van der Waals surface area contributed by atoms with E-state index >= 15 is 0 Å². The van der Waals surface area contributed by atoms with Crippen molar-refractivity contribution in [2.45, 2.75) is 26.6 Å². The first-order valence-corrected chi connectivity index (χ1v) is 12.0. The fraction of sp³-hybridized carbons (Fsp3) is 0.321. The molecule has 4 rings (SSSR count). The second-order valence-electron chi connectivity index (χ2n) is 9.12. The predicted molar refractivity (Wildman–Crippen MR) is 141 cm³/mol. The highest BCUT2D eigenvalue weighted by atomic mass is 16.5. The van der Waals surface area contributed by atoms with E-state index in [-0.39, 0.29) is 11.9 Å². The van der Waals surface area contributed by atoms with Gasteiger partial charge < -0.3 is 19.7 Å². The summed E-state index contributed by atoms with van der Waals surface area (Å²) < 4.78 is 12.7. The van der Waals surface area contributed by atoms with E-state index in [0.29, 0.717) is 24.7 Å². The minimum Gasteiger partial charge on any atom is -0.492 e. The molecule has 2 aromatic heterocycles. The number of nitrogens with zero attached hydrogens (tertiary/aromatic N) is 4. The molecular weight excluding hydrogens is 454 g/mol. The topological polar surface area (TPSA) is 81.5 Å². The van der Waals surface area contributed by atoms with Gasteiger partial charge in [-0.2, -0.15) is 5.10 Å². The van der Waals surface area contributed by atoms with Gasteiger partial charge >= 0.3 is 0 Å². The Morgan fingerprint density at radius 3 is 2.75 bits per heavy atom. The number of fused-ring (bicyclic) bond motifs is 1. The van der Waals surface area contributed by atoms with E-state index in [2.05, 4.69) is 15.3 Å². The van der Waals surface area contributed by atoms with Crippen LogP contribution in [0.5, 0.6) is 5.75 Å². The number of carbonyl (C=O) groups excluding carboxylic acids is 1. The van der Waals surface area contributed by atoms with Crippen LogP contribution in [0.2, 0.25) is 0 Å². The van der Waals surface area contributed by atoms with Crippen molar-refractivity contribution in [1.29, 1.82) is 0 Å². The van der Waals surface area contributed by atoms with Crippen LogP contribution < -0.4 is 10.1 Å². The second kappa shape index (κ2) is 11.3. The van der Waals surface area contributed by atoms with E-state index in [1.54, 1.807) is 18.0 Å². The molecule has 8 heteroatoms. The van der Waals surface area contributed by atoms with Crippen LogP contribution in [0.4, 0.5) is 0 Å². The first-order valence-electron chi connectivity index (χ1n) is 12.0. The average Bonchev–Trinajstić information content (AvgIpc) is 3.33. The lowest BCUT2D eigenvalue weighted by atomic mass is 9.99. The summed E-state index contributed by atoms with van der Waals surface area (Å²) in [4.78, 5) is 20.2. The van der Waals surface area contributed by atoms with E-state index < -0.39 is 0 Å². The average molecular weight is 488 g/mol. The zero-order valence-electron chi connectivity index (χ0n) is 21.5. The van der Waals surface area contributed by atoms with Gasteiger partial charge in [-0.15, -0.1) is 0 Å². The molecule has 0 aliphatic carbocycles. The number of benzene rings is 2. The zero-order valence-corrected chi connectivity index (χ0v) is 21.5. The number of pyridine rings is 1. The number of rotatable bonds is 10. The van der Waals surface area contributed by atoms with Gasteiger partial charge in [0, 0.05) is 36.4 Å². The van der Waals surface area contributed by atoms with Crippen molar-refractivity contribution in [1.82, 2.24) is 25.0 Å². The van der Waals surface area contributed by atoms with Crippen LogP contribution in [0, 0.1) is 6.92 Å². The fourth-order valence-corrected chi connectivity index (χ4v) is 4.04. The summed E-state index contributed by atoms with van der Waals surface area (Å²) in [6.45, 7) is 5.64. The Labute approximate surface area is 211 Å². The van der Waals surface area contributed by atoms with Crippen LogP contribution >= 0.6 is 0 Å². The van der Waals surface area contributed by atoms with Gasteiger partial charge in [-0.1, -0.05) is 24.3 Å². The number of aromatic nitrogens is 3. The summed E-state index contributed by atoms with van der Waals surface area (Å²) in [6, 6.07) is 15.4. The highest BCUT2D eigenvalue weighted by Gasteiger charge is 2.18. The van der Waals surface area contributed by atoms with Gasteiger partial charge in [-0.3, -0.25) is 4.79 Å². The van der Waals surface area contributed by atoms with Crippen molar-refractivity contribution >= 4 is 16.8 Å². The van der Waals surface area contributed by atoms with Gasteiger partial charge in [0.25, 0.3) is 5.91 Å². The smallest absolute Gasteiger partial charge is 0.252 e. The molecule has 188 valence electrons. The van der Waals surface area contributed by atoms with Crippen molar-refractivity contribution < 1.29 is 14.3 Å². The maximum absolute atomic E-state index is 13.3. The van der Waals surface area contributed by atoms with E-state index in [4.69, 9.17) is 14.5 Å². The van der Waals surface area contributed by atoms with Crippen LogP contribution in [-0.2, 0) is 11.5 Å². The van der Waals surface area contributed by atoms with Gasteiger partial charge in [0.2, 0.25) is 0 Å². The Morgan fingerprint density at radius 1 is 1.17 bits per heavy atom. The van der Waals surface area contributed by atoms with Gasteiger partial charge in [0.15, 0.2) is 0 Å². The molecule has 0 saturated carbocycles. The monoisotopic (exact) mass is 487 g/mol. The molecule has 2 heterocycles. The van der Waals surface area contributed by atoms with E-state index in [1.807, 2.05) is 82.7 Å². The molecule has 4 aromatic rings. The molecule has 1 amide bonds. The Balaban J connectivity index is 1.60. The Morgan fingerprint density at radius 2 is 1.97 bits per heavy atom. The Kier molecular flexibility index (Phi) is 7.97. The fourth-order valence-electron chi connectivity index (χ4n) is 4.04. The third-order valence-electron chi connectivity index (χ3n) is 6.01. The van der Waals surface area contributed by atoms with Crippen molar-refractivity contribution in [2.24, 2.45) is 0 Å². The molecule has 0 saturated heterocycles. The quantitative estimate of drug-likeness (QED) is 0.356. The summed E-state index contributed by atoms with van der Waals surface area (Å²) in [6.07, 6.45) is 3.67. The molecule has 0 fully saturated rings. The van der Waals surface area contributed by atoms with Gasteiger partial charge in [-0.05, 0) is 63.3 Å². The number of nitrogens with one attached hydrogen (secondary N) is 1. The van der Waals surface area contributed by atoms with Crippen LogP contribution in [0.15, 0.2) is 60.9 Å². The SMILES string of the molecule is COCn1cc(-c2cc([C@@H](C)NC(=O)c3cc(OCCN(C)C)ccc3C)c3ccccc3n2)cn1. The van der Waals surface area contributed by atoms with Crippen molar-refractivity contribution in [3.05, 3.63) is 77.6 Å². The summed E-state index contributed by atoms with van der Waals surface area (Å²) in [7, 11) is 5.63. The van der Waals surface area contributed by atoms with E-state index in [1.165, 1.54) is 0 Å². The summed E-state index contributed by atoms with van der Waals surface area (Å²) in [5.74, 6) is 0.540. The molecule has 0 aliphatic rings. The second-order valence-corrected chi connectivity index (χ2v) is 9.12. The number of carbonyl (C=O) groups is 1. The molecule has 2 aromatic carbocycles. The van der Waals surface area contributed by atoms with Crippen molar-refractivity contribution in [3.63, 3.8) is 0 Å². The summed E-state index contributed by atoms with van der Waals surface area (Å²) >= 11 is 0. The van der Waals surface area contributed by atoms with Gasteiger partial charge in [0.1, 0.15) is 19.1 Å². The third kappa shape index (κ3) is 5.90. The molecule has 1 atom stereocenters. The van der Waals surface area contributed by atoms with Crippen LogP contribution in [0.3, 0.4) is 0 Å². The molecule has 36 heavy (non-hydrogen) atoms. The predicted octanol–water partition coefficient (Wildman–Crippen LogP) is 4.44. The number of hydrogen-bond acceptors (Lipinski definition) is 6. The van der Waals surface area contributed by atoms with Crippen molar-refractivity contribution in [2.75, 3.05) is 34.4 Å². The summed E-state index contributed by atoms with van der Waals surface area (Å²) in [5, 5.41) is 8.52. The molecule has 0 aliphatic heterocycles. The largest absolute Gasteiger partial charge is 0.492 e. The van der Waals surface area contributed by atoms with Gasteiger partial charge in [-0.25, -0.2) is 9.67 Å². The highest BCUT2D eigenvalue weighted by Crippen LogP contribution is 2.29. The Hall–Kier alpha value is -3.75. The molecule has 0 unspecified atom stereocenters. The zero-order chi connectivity index (χ0) is 25.7. The highest BCUT2D eigenvalue weighted by molar-refractivity contribution is 5.96. The van der Waals surface area contributed by atoms with E-state index in [9.17, 15) is 4.79 Å². The molecule has 8 nitrogen and oxygen atoms in total. The Bertz CT molecular complexity index is 1350. The molecule has 1 N–H and O–H groups in total. The van der Waals surface area contributed by atoms with E-state index in [0.717, 1.165) is 39.8 Å². The number of likely N-dealkylation sites (N-methyl/N-ethyl adjacent to an activating group) is 1. The number of hydrogen-bond donors (Lipinski definition) is 1. The van der Waals surface area contributed by atoms with Crippen LogP contribution in [0.25, 0.3) is 22.2 Å². The minimum atomic E-state index is -0.254. The van der Waals surface area contributed by atoms with Crippen LogP contribution in [0.1, 0.15) is 34.5 Å². The number of para-hydroxylation sites is 1. The first kappa shape index (κ1) is 25.3. The molecular formula is C28H33N5O3. The third-order valence-corrected chi connectivity index (χ3v) is 6.01. The lowest BCUT2D eigenvalue weighted by molar-refractivity contribution is 0.0939. The normalized spacial score (nSPS) is 12.2. The maximum atomic E-state index is 13.3. The maximum Gasteiger partial charge on any atom is 0.252 e. The van der Waals surface area contributed by atoms with Crippen molar-refractivity contribution in [3.8, 4) is 17.0 Å². The lowest BCUT2D eigenvalue weighted by Crippen LogP contribution is -2.27. The number of methoxy groups -OCH3 is 1. The molecule has 0 spiro atoms. The summed E-state index contributed by atoms with van der Waals surface area (Å²) in [5.41, 5.74) is 5.02. The molecule has 0 radical (unpaired) electrons. The van der Waals surface area contributed by atoms with Crippen LogP contribution in [-0.4, -0.2) is 59.9 Å². The number of aryl methyl sites for hydroxylation is 1. The number of amides is 1. The lowest BCUT2D eigenvalue weighted by Gasteiger charge is -2.19. The first-order chi connectivity index (χ1) is 17.4. The number of ether oxygens (including phenoxy) is 2. The minimum absolute atomic E-state index is 0.145. The standard InChI is InChI=1S/C28H33N5O3/c1-19-10-11-22(36-13-12-32(3)4)14-24(19)28(34)30-20(2)25-15-27(21-16-29-33(17-21)18-35-5)31-26-9-7-6-8-23(25)26/h6-11,14-17,20H,12-13,18H2,1-5H3,(H,30,34)/t20-/m1/s1. The van der Waals surface area contributed by atoms with Gasteiger partial charge in [0.05, 0.1) is 23.4 Å².